The summed E-state index contributed by atoms with van der Waals surface area (Å²) < 4.78 is 12.8. The van der Waals surface area contributed by atoms with Gasteiger partial charge in [0.1, 0.15) is 11.0 Å². The van der Waals surface area contributed by atoms with Gasteiger partial charge in [0.25, 0.3) is 0 Å². The minimum Gasteiger partial charge on any atom is -0.324 e. The summed E-state index contributed by atoms with van der Waals surface area (Å²) in [5, 5.41) is 0.263. The Bertz CT molecular complexity index is 263. The number of nitrogens with zero attached hydrogens (tertiary/aromatic N) is 1. The van der Waals surface area contributed by atoms with Gasteiger partial charge in [-0.25, -0.2) is 9.37 Å². The number of hydrogen-bond donors (Lipinski definition) is 1. The molecular weight excluding hydrogens is 167 g/mol. The summed E-state index contributed by atoms with van der Waals surface area (Å²) in [5.74, 6) is -0.413. The lowest BCUT2D eigenvalue weighted by molar-refractivity contribution is 0.587. The Balaban J connectivity index is 3.13. The zero-order chi connectivity index (χ0) is 8.43. The quantitative estimate of drug-likeness (QED) is 0.661. The molecule has 2 N–H and O–H groups in total. The molecule has 0 fully saturated rings. The van der Waals surface area contributed by atoms with Gasteiger partial charge in [-0.05, 0) is 13.0 Å². The zero-order valence-corrected chi connectivity index (χ0v) is 6.77. The molecular formula is C7H8ClFN2. The van der Waals surface area contributed by atoms with Crippen LogP contribution in [0.2, 0.25) is 5.15 Å². The second-order valence-electron chi connectivity index (χ2n) is 2.32. The van der Waals surface area contributed by atoms with Gasteiger partial charge in [-0.1, -0.05) is 11.6 Å². The van der Waals surface area contributed by atoms with E-state index in [1.54, 1.807) is 6.92 Å². The van der Waals surface area contributed by atoms with E-state index >= 15 is 0 Å². The number of hydrogen-bond acceptors (Lipinski definition) is 2. The van der Waals surface area contributed by atoms with E-state index in [9.17, 15) is 4.39 Å². The predicted molar refractivity (Wildman–Crippen MR) is 41.8 cm³/mol. The molecule has 11 heavy (non-hydrogen) atoms. The maximum atomic E-state index is 12.8. The van der Waals surface area contributed by atoms with Gasteiger partial charge in [0.05, 0.1) is 6.20 Å². The number of nitrogens with two attached hydrogens (primary N) is 1. The molecule has 0 saturated heterocycles. The molecule has 1 heterocycles. The molecule has 0 amide bonds. The number of halogens is 2. The first-order valence-electron chi connectivity index (χ1n) is 3.18. The fraction of sp³-hybridized carbons (Fsp3) is 0.286. The monoisotopic (exact) mass is 174 g/mol. The van der Waals surface area contributed by atoms with Gasteiger partial charge in [0.2, 0.25) is 0 Å². The Morgan fingerprint density at radius 3 is 2.82 bits per heavy atom. The van der Waals surface area contributed by atoms with Crippen LogP contribution in [0.5, 0.6) is 0 Å². The molecule has 0 unspecified atom stereocenters. The van der Waals surface area contributed by atoms with Crippen LogP contribution in [0.15, 0.2) is 12.3 Å². The topological polar surface area (TPSA) is 38.9 Å². The molecule has 0 bridgehead atoms. The molecule has 0 aliphatic rings. The van der Waals surface area contributed by atoms with Gasteiger partial charge in [-0.2, -0.15) is 0 Å². The normalized spacial score (nSPS) is 13.1. The average molecular weight is 175 g/mol. The van der Waals surface area contributed by atoms with E-state index in [4.69, 9.17) is 17.3 Å². The zero-order valence-electron chi connectivity index (χ0n) is 6.01. The van der Waals surface area contributed by atoms with E-state index in [-0.39, 0.29) is 11.2 Å². The second kappa shape index (κ2) is 3.15. The average Bonchev–Trinajstić information content (AvgIpc) is 1.94. The van der Waals surface area contributed by atoms with E-state index in [0.717, 1.165) is 6.20 Å². The molecule has 60 valence electrons. The minimum atomic E-state index is -0.413. The number of rotatable bonds is 1. The van der Waals surface area contributed by atoms with Crippen LogP contribution in [-0.4, -0.2) is 4.98 Å². The van der Waals surface area contributed by atoms with Gasteiger partial charge < -0.3 is 5.73 Å². The van der Waals surface area contributed by atoms with Crippen molar-refractivity contribution in [2.24, 2.45) is 5.73 Å². The summed E-state index contributed by atoms with van der Waals surface area (Å²) in [6.07, 6.45) is 1.07. The van der Waals surface area contributed by atoms with E-state index in [2.05, 4.69) is 4.98 Å². The summed E-state index contributed by atoms with van der Waals surface area (Å²) >= 11 is 5.53. The highest BCUT2D eigenvalue weighted by molar-refractivity contribution is 6.29. The van der Waals surface area contributed by atoms with Gasteiger partial charge in [-0.15, -0.1) is 0 Å². The van der Waals surface area contributed by atoms with Crippen LogP contribution in [0.25, 0.3) is 0 Å². The van der Waals surface area contributed by atoms with Crippen molar-refractivity contribution < 1.29 is 4.39 Å². The summed E-state index contributed by atoms with van der Waals surface area (Å²) in [7, 11) is 0. The van der Waals surface area contributed by atoms with Gasteiger partial charge in [0.15, 0.2) is 0 Å². The number of pyridine rings is 1. The van der Waals surface area contributed by atoms with Crippen molar-refractivity contribution in [2.45, 2.75) is 13.0 Å². The standard InChI is InChI=1S/C7H8ClFN2/c1-4(10)5-2-7(8)11-3-6(5)9/h2-4H,10H2,1H3/t4-/m1/s1. The van der Waals surface area contributed by atoms with Crippen LogP contribution in [0.4, 0.5) is 4.39 Å². The fourth-order valence-corrected chi connectivity index (χ4v) is 0.943. The second-order valence-corrected chi connectivity index (χ2v) is 2.70. The van der Waals surface area contributed by atoms with Crippen molar-refractivity contribution in [2.75, 3.05) is 0 Å². The van der Waals surface area contributed by atoms with Crippen molar-refractivity contribution in [3.63, 3.8) is 0 Å². The minimum absolute atomic E-state index is 0.263. The van der Waals surface area contributed by atoms with Crippen molar-refractivity contribution in [1.82, 2.24) is 4.98 Å². The Hall–Kier alpha value is -0.670. The van der Waals surface area contributed by atoms with Gasteiger partial charge in [-0.3, -0.25) is 0 Å². The summed E-state index contributed by atoms with van der Waals surface area (Å²) in [4.78, 5) is 3.56. The summed E-state index contributed by atoms with van der Waals surface area (Å²) in [6, 6.07) is 1.08. The lowest BCUT2D eigenvalue weighted by atomic mass is 10.1. The molecule has 0 aliphatic heterocycles. The van der Waals surface area contributed by atoms with E-state index in [0.29, 0.717) is 5.56 Å². The van der Waals surface area contributed by atoms with Crippen molar-refractivity contribution >= 4 is 11.6 Å². The molecule has 1 rings (SSSR count). The lowest BCUT2D eigenvalue weighted by Gasteiger charge is -2.05. The van der Waals surface area contributed by atoms with Crippen molar-refractivity contribution in [1.29, 1.82) is 0 Å². The third-order valence-electron chi connectivity index (χ3n) is 1.34. The first-order chi connectivity index (χ1) is 5.11. The first-order valence-corrected chi connectivity index (χ1v) is 3.55. The van der Waals surface area contributed by atoms with Crippen LogP contribution >= 0.6 is 11.6 Å². The van der Waals surface area contributed by atoms with Crippen LogP contribution in [0.1, 0.15) is 18.5 Å². The van der Waals surface area contributed by atoms with Crippen LogP contribution in [-0.2, 0) is 0 Å². The Kier molecular flexibility index (Phi) is 2.42. The molecule has 4 heteroatoms. The molecule has 0 radical (unpaired) electrons. The third kappa shape index (κ3) is 1.88. The van der Waals surface area contributed by atoms with E-state index in [1.165, 1.54) is 6.07 Å². The molecule has 0 aromatic carbocycles. The molecule has 0 spiro atoms. The molecule has 2 nitrogen and oxygen atoms in total. The largest absolute Gasteiger partial charge is 0.324 e. The summed E-state index contributed by atoms with van der Waals surface area (Å²) in [6.45, 7) is 1.69. The Morgan fingerprint density at radius 2 is 2.36 bits per heavy atom. The lowest BCUT2D eigenvalue weighted by Crippen LogP contribution is -2.07. The maximum Gasteiger partial charge on any atom is 0.146 e. The third-order valence-corrected chi connectivity index (χ3v) is 1.55. The Morgan fingerprint density at radius 1 is 1.73 bits per heavy atom. The van der Waals surface area contributed by atoms with Crippen LogP contribution in [0.3, 0.4) is 0 Å². The highest BCUT2D eigenvalue weighted by Crippen LogP contribution is 2.16. The molecule has 1 aromatic heterocycles. The first kappa shape index (κ1) is 8.43. The summed E-state index contributed by atoms with van der Waals surface area (Å²) in [5.41, 5.74) is 5.85. The molecule has 0 saturated carbocycles. The highest BCUT2D eigenvalue weighted by Gasteiger charge is 2.07. The van der Waals surface area contributed by atoms with Crippen LogP contribution < -0.4 is 5.73 Å². The molecule has 1 aromatic rings. The smallest absolute Gasteiger partial charge is 0.146 e. The van der Waals surface area contributed by atoms with Crippen molar-refractivity contribution in [3.05, 3.63) is 28.8 Å². The van der Waals surface area contributed by atoms with Gasteiger partial charge >= 0.3 is 0 Å². The highest BCUT2D eigenvalue weighted by atomic mass is 35.5. The van der Waals surface area contributed by atoms with Crippen molar-refractivity contribution in [3.8, 4) is 0 Å². The molecule has 1 atom stereocenters. The van der Waals surface area contributed by atoms with Crippen LogP contribution in [0, 0.1) is 5.82 Å². The van der Waals surface area contributed by atoms with Gasteiger partial charge in [0, 0.05) is 11.6 Å². The maximum absolute atomic E-state index is 12.8. The van der Waals surface area contributed by atoms with E-state index < -0.39 is 5.82 Å². The number of aromatic nitrogens is 1. The fourth-order valence-electron chi connectivity index (χ4n) is 0.776. The SMILES string of the molecule is C[C@@H](N)c1cc(Cl)ncc1F. The molecule has 0 aliphatic carbocycles. The Labute approximate surface area is 69.2 Å². The van der Waals surface area contributed by atoms with E-state index in [1.807, 2.05) is 0 Å². The predicted octanol–water partition coefficient (Wildman–Crippen LogP) is 1.89.